The van der Waals surface area contributed by atoms with E-state index in [0.29, 0.717) is 5.75 Å². The van der Waals surface area contributed by atoms with Gasteiger partial charge < -0.3 is 14.8 Å². The first-order valence-corrected chi connectivity index (χ1v) is 7.59. The molecule has 0 saturated heterocycles. The first kappa shape index (κ1) is 18.5. The van der Waals surface area contributed by atoms with Crippen LogP contribution in [0.5, 0.6) is 5.75 Å². The van der Waals surface area contributed by atoms with Crippen LogP contribution in [0.15, 0.2) is 48.5 Å². The van der Waals surface area contributed by atoms with Gasteiger partial charge >= 0.3 is 5.97 Å². The first-order valence-electron chi connectivity index (χ1n) is 7.22. The summed E-state index contributed by atoms with van der Waals surface area (Å²) in [4.78, 5) is 23.4. The highest BCUT2D eigenvalue weighted by atomic mass is 35.5. The summed E-state index contributed by atoms with van der Waals surface area (Å²) >= 11 is 5.83. The van der Waals surface area contributed by atoms with Gasteiger partial charge in [0.15, 0.2) is 6.61 Å². The Morgan fingerprint density at radius 1 is 1.24 bits per heavy atom. The van der Waals surface area contributed by atoms with E-state index in [2.05, 4.69) is 5.32 Å². The first-order chi connectivity index (χ1) is 12.0. The highest BCUT2D eigenvalue weighted by Gasteiger charge is 2.09. The van der Waals surface area contributed by atoms with Crippen molar-refractivity contribution in [3.63, 3.8) is 0 Å². The molecule has 2 aromatic carbocycles. The largest absolute Gasteiger partial charge is 0.497 e. The fourth-order valence-electron chi connectivity index (χ4n) is 1.87. The third-order valence-electron chi connectivity index (χ3n) is 3.05. The topological polar surface area (TPSA) is 64.6 Å². The maximum Gasteiger partial charge on any atom is 0.331 e. The van der Waals surface area contributed by atoms with Gasteiger partial charge in [-0.2, -0.15) is 0 Å². The van der Waals surface area contributed by atoms with Crippen molar-refractivity contribution in [1.29, 1.82) is 0 Å². The zero-order chi connectivity index (χ0) is 18.2. The van der Waals surface area contributed by atoms with Crippen LogP contribution in [0.4, 0.5) is 10.1 Å². The Bertz CT molecular complexity index is 807. The molecule has 0 radical (unpaired) electrons. The molecule has 0 aromatic heterocycles. The van der Waals surface area contributed by atoms with E-state index in [0.717, 1.165) is 11.6 Å². The molecule has 0 unspecified atom stereocenters. The molecule has 0 heterocycles. The molecule has 1 N–H and O–H groups in total. The number of methoxy groups -OCH3 is 1. The van der Waals surface area contributed by atoms with Crippen LogP contribution in [0.1, 0.15) is 5.56 Å². The molecular weight excluding hydrogens is 349 g/mol. The van der Waals surface area contributed by atoms with Gasteiger partial charge in [-0.3, -0.25) is 4.79 Å². The van der Waals surface area contributed by atoms with E-state index in [9.17, 15) is 14.0 Å². The Balaban J connectivity index is 1.85. The summed E-state index contributed by atoms with van der Waals surface area (Å²) in [6, 6.07) is 10.6. The number of carbonyl (C=O) groups excluding carboxylic acids is 2. The summed E-state index contributed by atoms with van der Waals surface area (Å²) in [5.41, 5.74) is 0.849. The molecule has 0 aliphatic rings. The number of benzene rings is 2. The molecule has 2 aromatic rings. The minimum Gasteiger partial charge on any atom is -0.497 e. The van der Waals surface area contributed by atoms with Crippen molar-refractivity contribution in [1.82, 2.24) is 0 Å². The normalized spacial score (nSPS) is 10.5. The summed E-state index contributed by atoms with van der Waals surface area (Å²) < 4.78 is 23.0. The van der Waals surface area contributed by atoms with E-state index in [1.165, 1.54) is 24.3 Å². The lowest BCUT2D eigenvalue weighted by atomic mass is 10.2. The third kappa shape index (κ3) is 5.93. The average molecular weight is 364 g/mol. The van der Waals surface area contributed by atoms with Crippen LogP contribution in [0, 0.1) is 5.82 Å². The van der Waals surface area contributed by atoms with Gasteiger partial charge in [0.05, 0.1) is 17.8 Å². The summed E-state index contributed by atoms with van der Waals surface area (Å²) in [6.45, 7) is -0.520. The molecule has 0 bridgehead atoms. The third-order valence-corrected chi connectivity index (χ3v) is 3.38. The van der Waals surface area contributed by atoms with Crippen LogP contribution in [0.25, 0.3) is 6.08 Å². The molecule has 0 saturated carbocycles. The Hall–Kier alpha value is -2.86. The summed E-state index contributed by atoms with van der Waals surface area (Å²) in [5.74, 6) is -1.21. The van der Waals surface area contributed by atoms with E-state index < -0.39 is 24.3 Å². The zero-order valence-corrected chi connectivity index (χ0v) is 14.0. The number of carbonyl (C=O) groups is 2. The van der Waals surface area contributed by atoms with Crippen LogP contribution in [0.3, 0.4) is 0 Å². The fourth-order valence-corrected chi connectivity index (χ4v) is 2.04. The molecule has 7 heteroatoms. The van der Waals surface area contributed by atoms with Gasteiger partial charge in [0.2, 0.25) is 0 Å². The van der Waals surface area contributed by atoms with E-state index in [1.54, 1.807) is 31.4 Å². The van der Waals surface area contributed by atoms with Crippen LogP contribution in [0.2, 0.25) is 5.02 Å². The molecule has 5 nitrogen and oxygen atoms in total. The lowest BCUT2D eigenvalue weighted by molar-refractivity contribution is -0.142. The monoisotopic (exact) mass is 363 g/mol. The number of hydrogen-bond donors (Lipinski definition) is 1. The number of amides is 1. The SMILES string of the molecule is COc1cccc(C=CC(=O)OCC(=O)Nc2cc(F)ccc2Cl)c1. The number of hydrogen-bond acceptors (Lipinski definition) is 4. The van der Waals surface area contributed by atoms with Gasteiger partial charge in [-0.05, 0) is 42.0 Å². The van der Waals surface area contributed by atoms with Crippen LogP contribution >= 0.6 is 11.6 Å². The lowest BCUT2D eigenvalue weighted by Gasteiger charge is -2.07. The molecule has 0 spiro atoms. The predicted octanol–water partition coefficient (Wildman–Crippen LogP) is 3.68. The van der Waals surface area contributed by atoms with Crippen LogP contribution < -0.4 is 10.1 Å². The molecule has 0 aliphatic heterocycles. The van der Waals surface area contributed by atoms with Gasteiger partial charge in [0, 0.05) is 6.08 Å². The average Bonchev–Trinajstić information content (AvgIpc) is 2.61. The molecular formula is C18H15ClFNO4. The van der Waals surface area contributed by atoms with Gasteiger partial charge in [0.1, 0.15) is 11.6 Å². The number of ether oxygens (including phenoxy) is 2. The highest BCUT2D eigenvalue weighted by Crippen LogP contribution is 2.22. The summed E-state index contributed by atoms with van der Waals surface area (Å²) in [5, 5.41) is 2.55. The predicted molar refractivity (Wildman–Crippen MR) is 93.0 cm³/mol. The number of halogens is 2. The standard InChI is InChI=1S/C18H15ClFNO4/c1-24-14-4-2-3-12(9-14)5-8-18(23)25-11-17(22)21-16-10-13(20)6-7-15(16)19/h2-10H,11H2,1H3,(H,21,22). The Kier molecular flexibility index (Phi) is 6.54. The molecule has 25 heavy (non-hydrogen) atoms. The summed E-state index contributed by atoms with van der Waals surface area (Å²) in [6.07, 6.45) is 2.73. The number of rotatable bonds is 6. The Morgan fingerprint density at radius 3 is 2.80 bits per heavy atom. The van der Waals surface area contributed by atoms with Crippen molar-refractivity contribution < 1.29 is 23.5 Å². The number of esters is 1. The maximum absolute atomic E-state index is 13.1. The van der Waals surface area contributed by atoms with Crippen molar-refractivity contribution in [3.8, 4) is 5.75 Å². The molecule has 0 fully saturated rings. The minimum absolute atomic E-state index is 0.106. The van der Waals surface area contributed by atoms with Crippen molar-refractivity contribution >= 4 is 35.2 Å². The smallest absolute Gasteiger partial charge is 0.331 e. The van der Waals surface area contributed by atoms with E-state index in [1.807, 2.05) is 0 Å². The molecule has 130 valence electrons. The quantitative estimate of drug-likeness (QED) is 0.628. The molecule has 1 amide bonds. The van der Waals surface area contributed by atoms with Crippen molar-refractivity contribution in [3.05, 3.63) is 64.9 Å². The summed E-state index contributed by atoms with van der Waals surface area (Å²) in [7, 11) is 1.54. The number of nitrogens with one attached hydrogen (secondary N) is 1. The second-order valence-electron chi connectivity index (χ2n) is 4.89. The second-order valence-corrected chi connectivity index (χ2v) is 5.30. The van der Waals surface area contributed by atoms with E-state index >= 15 is 0 Å². The highest BCUT2D eigenvalue weighted by molar-refractivity contribution is 6.33. The van der Waals surface area contributed by atoms with E-state index in [4.69, 9.17) is 21.1 Å². The zero-order valence-electron chi connectivity index (χ0n) is 13.3. The second kappa shape index (κ2) is 8.84. The Labute approximate surface area is 149 Å². The molecule has 0 aliphatic carbocycles. The minimum atomic E-state index is -0.691. The van der Waals surface area contributed by atoms with Gasteiger partial charge in [0.25, 0.3) is 5.91 Å². The lowest BCUT2D eigenvalue weighted by Crippen LogP contribution is -2.20. The molecule has 2 rings (SSSR count). The van der Waals surface area contributed by atoms with Crippen molar-refractivity contribution in [2.45, 2.75) is 0 Å². The van der Waals surface area contributed by atoms with Gasteiger partial charge in [-0.25, -0.2) is 9.18 Å². The fraction of sp³-hybridized carbons (Fsp3) is 0.111. The van der Waals surface area contributed by atoms with Crippen LogP contribution in [-0.4, -0.2) is 25.6 Å². The van der Waals surface area contributed by atoms with Gasteiger partial charge in [-0.15, -0.1) is 0 Å². The molecule has 0 atom stereocenters. The Morgan fingerprint density at radius 2 is 2.04 bits per heavy atom. The van der Waals surface area contributed by atoms with Crippen molar-refractivity contribution in [2.24, 2.45) is 0 Å². The maximum atomic E-state index is 13.1. The van der Waals surface area contributed by atoms with Gasteiger partial charge in [-0.1, -0.05) is 23.7 Å². The number of anilines is 1. The van der Waals surface area contributed by atoms with Crippen LogP contribution in [-0.2, 0) is 14.3 Å². The van der Waals surface area contributed by atoms with E-state index in [-0.39, 0.29) is 10.7 Å². The van der Waals surface area contributed by atoms with Crippen molar-refractivity contribution in [2.75, 3.05) is 19.0 Å².